The van der Waals surface area contributed by atoms with Gasteiger partial charge in [-0.2, -0.15) is 13.2 Å². The number of nitrogens with one attached hydrogen (secondary N) is 1. The summed E-state index contributed by atoms with van der Waals surface area (Å²) in [4.78, 5) is 12.3. The molecule has 1 aromatic rings. The Balaban J connectivity index is 1.97. The second kappa shape index (κ2) is 7.11. The van der Waals surface area contributed by atoms with Crippen LogP contribution in [0.4, 0.5) is 13.2 Å². The number of alkyl halides is 3. The molecule has 0 radical (unpaired) electrons. The monoisotopic (exact) mass is 350 g/mol. The maximum atomic E-state index is 12.7. The van der Waals surface area contributed by atoms with Crippen molar-refractivity contribution in [3.8, 4) is 0 Å². The fraction of sp³-hybridized carbons (Fsp3) is 0.786. The van der Waals surface area contributed by atoms with E-state index in [1.165, 1.54) is 13.5 Å². The van der Waals surface area contributed by atoms with Gasteiger partial charge in [0.2, 0.25) is 11.7 Å². The van der Waals surface area contributed by atoms with Crippen LogP contribution in [0.5, 0.6) is 0 Å². The number of nitrogens with zero attached hydrogens (tertiary/aromatic N) is 3. The van der Waals surface area contributed by atoms with Crippen molar-refractivity contribution < 1.29 is 18.0 Å². The van der Waals surface area contributed by atoms with Crippen LogP contribution in [0.3, 0.4) is 0 Å². The predicted molar refractivity (Wildman–Crippen MR) is 80.9 cm³/mol. The normalized spacial score (nSPS) is 23.6. The van der Waals surface area contributed by atoms with Crippen molar-refractivity contribution in [1.29, 1.82) is 0 Å². The van der Waals surface area contributed by atoms with Crippen LogP contribution >= 0.6 is 11.8 Å². The zero-order valence-electron chi connectivity index (χ0n) is 13.4. The predicted octanol–water partition coefficient (Wildman–Crippen LogP) is 3.01. The molecular formula is C14H21F3N4OS. The summed E-state index contributed by atoms with van der Waals surface area (Å²) in [6.45, 7) is 3.77. The molecule has 1 N–H and O–H groups in total. The van der Waals surface area contributed by atoms with Crippen LogP contribution < -0.4 is 5.32 Å². The van der Waals surface area contributed by atoms with Crippen molar-refractivity contribution in [2.24, 2.45) is 13.0 Å². The quantitative estimate of drug-likeness (QED) is 0.848. The van der Waals surface area contributed by atoms with Crippen LogP contribution in [-0.4, -0.2) is 32.0 Å². The lowest BCUT2D eigenvalue weighted by atomic mass is 9.86. The van der Waals surface area contributed by atoms with Gasteiger partial charge >= 0.3 is 6.18 Å². The standard InChI is InChI=1S/C14H21F3N4OS/c1-8-6-4-5-7-10(8)18-11(22)9(2)23-13-20-19-12(21(13)3)14(15,16)17/h8-10H,4-7H2,1-3H3,(H,18,22)/t8-,9-,10-/m1/s1. The van der Waals surface area contributed by atoms with Crippen molar-refractivity contribution in [1.82, 2.24) is 20.1 Å². The van der Waals surface area contributed by atoms with Gasteiger partial charge in [0.25, 0.3) is 0 Å². The summed E-state index contributed by atoms with van der Waals surface area (Å²) in [5, 5.41) is 9.26. The number of hydrogen-bond donors (Lipinski definition) is 1. The van der Waals surface area contributed by atoms with Crippen LogP contribution in [0.25, 0.3) is 0 Å². The Hall–Kier alpha value is -1.25. The number of carbonyl (C=O) groups excluding carboxylic acids is 1. The van der Waals surface area contributed by atoms with Crippen LogP contribution in [0.1, 0.15) is 45.4 Å². The van der Waals surface area contributed by atoms with Gasteiger partial charge in [-0.3, -0.25) is 4.79 Å². The van der Waals surface area contributed by atoms with Gasteiger partial charge in [0.05, 0.1) is 5.25 Å². The fourth-order valence-electron chi connectivity index (χ4n) is 2.71. The minimum atomic E-state index is -4.55. The Morgan fingerprint density at radius 2 is 2.00 bits per heavy atom. The van der Waals surface area contributed by atoms with Crippen molar-refractivity contribution in [3.63, 3.8) is 0 Å². The molecule has 9 heteroatoms. The molecule has 1 aliphatic rings. The van der Waals surface area contributed by atoms with Gasteiger partial charge in [-0.05, 0) is 25.7 Å². The molecule has 0 aromatic carbocycles. The highest BCUT2D eigenvalue weighted by Crippen LogP contribution is 2.31. The van der Waals surface area contributed by atoms with Gasteiger partial charge in [0.15, 0.2) is 5.16 Å². The maximum Gasteiger partial charge on any atom is 0.451 e. The molecular weight excluding hydrogens is 329 g/mol. The summed E-state index contributed by atoms with van der Waals surface area (Å²) >= 11 is 0.982. The number of thioether (sulfide) groups is 1. The SMILES string of the molecule is C[C@@H]1CCCC[C@H]1NC(=O)[C@@H](C)Sc1nnc(C(F)(F)F)n1C. The molecule has 0 bridgehead atoms. The summed E-state index contributed by atoms with van der Waals surface area (Å²) in [5.74, 6) is -0.810. The molecule has 0 unspecified atom stereocenters. The van der Waals surface area contributed by atoms with Gasteiger partial charge < -0.3 is 9.88 Å². The number of carbonyl (C=O) groups is 1. The van der Waals surface area contributed by atoms with Crippen LogP contribution in [0.2, 0.25) is 0 Å². The highest BCUT2D eigenvalue weighted by Gasteiger charge is 2.38. The van der Waals surface area contributed by atoms with E-state index in [1.54, 1.807) is 6.92 Å². The molecule has 5 nitrogen and oxygen atoms in total. The summed E-state index contributed by atoms with van der Waals surface area (Å²) < 4.78 is 39.0. The lowest BCUT2D eigenvalue weighted by molar-refractivity contribution is -0.147. The topological polar surface area (TPSA) is 59.8 Å². The van der Waals surface area contributed by atoms with E-state index in [-0.39, 0.29) is 17.1 Å². The van der Waals surface area contributed by atoms with E-state index < -0.39 is 17.3 Å². The highest BCUT2D eigenvalue weighted by molar-refractivity contribution is 8.00. The van der Waals surface area contributed by atoms with Crippen molar-refractivity contribution in [3.05, 3.63) is 5.82 Å². The van der Waals surface area contributed by atoms with Gasteiger partial charge in [-0.25, -0.2) is 0 Å². The lowest BCUT2D eigenvalue weighted by Crippen LogP contribution is -2.44. The molecule has 1 aliphatic carbocycles. The Labute approximate surface area is 137 Å². The first kappa shape index (κ1) is 18.1. The number of amides is 1. The van der Waals surface area contributed by atoms with Crippen LogP contribution in [0, 0.1) is 5.92 Å². The number of hydrogen-bond acceptors (Lipinski definition) is 4. The first-order valence-corrected chi connectivity index (χ1v) is 8.51. The second-order valence-corrected chi connectivity index (χ2v) is 7.31. The molecule has 1 heterocycles. The number of aromatic nitrogens is 3. The molecule has 0 saturated heterocycles. The zero-order valence-corrected chi connectivity index (χ0v) is 14.2. The van der Waals surface area contributed by atoms with Crippen LogP contribution in [-0.2, 0) is 18.0 Å². The molecule has 1 saturated carbocycles. The Kier molecular flexibility index (Phi) is 5.59. The third-order valence-corrected chi connectivity index (χ3v) is 5.31. The Bertz CT molecular complexity index is 561. The molecule has 130 valence electrons. The molecule has 1 fully saturated rings. The van der Waals surface area contributed by atoms with E-state index in [0.29, 0.717) is 5.92 Å². The molecule has 1 amide bonds. The average Bonchev–Trinajstić information content (AvgIpc) is 2.82. The van der Waals surface area contributed by atoms with Gasteiger partial charge in [-0.1, -0.05) is 31.5 Å². The maximum absolute atomic E-state index is 12.7. The summed E-state index contributed by atoms with van der Waals surface area (Å²) in [5.41, 5.74) is 0. The van der Waals surface area contributed by atoms with Crippen molar-refractivity contribution in [2.45, 2.75) is 62.2 Å². The third-order valence-electron chi connectivity index (χ3n) is 4.18. The first-order chi connectivity index (χ1) is 10.7. The number of halogens is 3. The minimum Gasteiger partial charge on any atom is -0.352 e. The van der Waals surface area contributed by atoms with Gasteiger partial charge in [0.1, 0.15) is 0 Å². The third kappa shape index (κ3) is 4.39. The first-order valence-electron chi connectivity index (χ1n) is 7.63. The van der Waals surface area contributed by atoms with Gasteiger partial charge in [-0.15, -0.1) is 10.2 Å². The van der Waals surface area contributed by atoms with Gasteiger partial charge in [0, 0.05) is 13.1 Å². The van der Waals surface area contributed by atoms with E-state index in [2.05, 4.69) is 22.4 Å². The molecule has 2 rings (SSSR count). The van der Waals surface area contributed by atoms with E-state index in [9.17, 15) is 18.0 Å². The van der Waals surface area contributed by atoms with Crippen molar-refractivity contribution in [2.75, 3.05) is 0 Å². The lowest BCUT2D eigenvalue weighted by Gasteiger charge is -2.30. The highest BCUT2D eigenvalue weighted by atomic mass is 32.2. The number of rotatable bonds is 4. The molecule has 3 atom stereocenters. The fourth-order valence-corrected chi connectivity index (χ4v) is 3.53. The smallest absolute Gasteiger partial charge is 0.352 e. The zero-order chi connectivity index (χ0) is 17.2. The molecule has 0 spiro atoms. The average molecular weight is 350 g/mol. The molecule has 23 heavy (non-hydrogen) atoms. The second-order valence-electron chi connectivity index (χ2n) is 6.00. The van der Waals surface area contributed by atoms with E-state index in [1.807, 2.05) is 0 Å². The molecule has 1 aromatic heterocycles. The summed E-state index contributed by atoms with van der Waals surface area (Å²) in [6, 6.07) is 0.143. The minimum absolute atomic E-state index is 0.0802. The Morgan fingerprint density at radius 3 is 2.57 bits per heavy atom. The Morgan fingerprint density at radius 1 is 1.35 bits per heavy atom. The van der Waals surface area contributed by atoms with Crippen LogP contribution in [0.15, 0.2) is 5.16 Å². The largest absolute Gasteiger partial charge is 0.451 e. The van der Waals surface area contributed by atoms with E-state index in [4.69, 9.17) is 0 Å². The van der Waals surface area contributed by atoms with E-state index in [0.717, 1.165) is 35.6 Å². The summed E-state index contributed by atoms with van der Waals surface area (Å²) in [7, 11) is 1.25. The van der Waals surface area contributed by atoms with E-state index >= 15 is 0 Å². The van der Waals surface area contributed by atoms with Crippen molar-refractivity contribution >= 4 is 17.7 Å². The summed E-state index contributed by atoms with van der Waals surface area (Å²) in [6.07, 6.45) is -0.243. The molecule has 0 aliphatic heterocycles.